The quantitative estimate of drug-likeness (QED) is 0.672. The van der Waals surface area contributed by atoms with Crippen molar-refractivity contribution in [1.82, 2.24) is 9.78 Å². The molecule has 0 amide bonds. The maximum absolute atomic E-state index is 11.6. The maximum atomic E-state index is 11.6. The van der Waals surface area contributed by atoms with E-state index in [1.54, 1.807) is 23.0 Å². The summed E-state index contributed by atoms with van der Waals surface area (Å²) >= 11 is 3.33. The number of anilines is 1. The second kappa shape index (κ2) is 6.09. The van der Waals surface area contributed by atoms with Crippen LogP contribution in [0.2, 0.25) is 0 Å². The molecule has 6 heteroatoms. The zero-order chi connectivity index (χ0) is 14.7. The van der Waals surface area contributed by atoms with E-state index in [0.29, 0.717) is 30.0 Å². The molecule has 20 heavy (non-hydrogen) atoms. The predicted molar refractivity (Wildman–Crippen MR) is 81.0 cm³/mol. The third kappa shape index (κ3) is 3.19. The van der Waals surface area contributed by atoms with Gasteiger partial charge in [0.15, 0.2) is 11.5 Å². The van der Waals surface area contributed by atoms with E-state index in [4.69, 9.17) is 10.5 Å². The summed E-state index contributed by atoms with van der Waals surface area (Å²) in [4.78, 5) is 11.6. The number of aryl methyl sites for hydroxylation is 1. The molecule has 0 atom stereocenters. The van der Waals surface area contributed by atoms with E-state index in [-0.39, 0.29) is 5.78 Å². The normalized spacial score (nSPS) is 10.6. The largest absolute Gasteiger partial charge is 0.490 e. The van der Waals surface area contributed by atoms with Crippen LogP contribution in [0.3, 0.4) is 0 Å². The average Bonchev–Trinajstić information content (AvgIpc) is 2.77. The molecule has 0 radical (unpaired) electrons. The molecule has 0 saturated carbocycles. The van der Waals surface area contributed by atoms with Crippen molar-refractivity contribution >= 4 is 27.4 Å². The molecule has 2 rings (SSSR count). The Balaban J connectivity index is 2.13. The highest BCUT2D eigenvalue weighted by Crippen LogP contribution is 2.31. The predicted octanol–water partition coefficient (Wildman–Crippen LogP) is 2.59. The highest BCUT2D eigenvalue weighted by atomic mass is 79.9. The van der Waals surface area contributed by atoms with Gasteiger partial charge in [-0.2, -0.15) is 5.10 Å². The van der Waals surface area contributed by atoms with Gasteiger partial charge in [-0.25, -0.2) is 0 Å². The van der Waals surface area contributed by atoms with E-state index in [1.165, 1.54) is 6.92 Å². The minimum atomic E-state index is -0.0754. The minimum absolute atomic E-state index is 0.0754. The fourth-order valence-corrected chi connectivity index (χ4v) is 2.42. The van der Waals surface area contributed by atoms with Gasteiger partial charge in [0.1, 0.15) is 0 Å². The molecular formula is C14H16BrN3O2. The van der Waals surface area contributed by atoms with Gasteiger partial charge in [0.2, 0.25) is 0 Å². The Morgan fingerprint density at radius 3 is 2.85 bits per heavy atom. The van der Waals surface area contributed by atoms with Crippen LogP contribution in [0.15, 0.2) is 28.9 Å². The number of hydrogen-bond donors (Lipinski definition) is 1. The van der Waals surface area contributed by atoms with Crippen LogP contribution in [0, 0.1) is 0 Å². The lowest BCUT2D eigenvalue weighted by Crippen LogP contribution is -2.09. The molecule has 106 valence electrons. The standard InChI is InChI=1S/C14H16BrN3O2/c1-9(19)12-7-10(15)8-13(16)14(12)20-6-4-11-3-5-17-18(11)2/h3,5,7-8H,4,6,16H2,1-2H3. The van der Waals surface area contributed by atoms with Crippen LogP contribution in [0.5, 0.6) is 5.75 Å². The van der Waals surface area contributed by atoms with Crippen molar-refractivity contribution in [2.24, 2.45) is 7.05 Å². The van der Waals surface area contributed by atoms with E-state index in [1.807, 2.05) is 13.1 Å². The van der Waals surface area contributed by atoms with Crippen LogP contribution >= 0.6 is 15.9 Å². The Labute approximate surface area is 125 Å². The zero-order valence-electron chi connectivity index (χ0n) is 11.4. The Morgan fingerprint density at radius 2 is 2.25 bits per heavy atom. The summed E-state index contributed by atoms with van der Waals surface area (Å²) in [5.74, 6) is 0.372. The van der Waals surface area contributed by atoms with Crippen LogP contribution in [-0.4, -0.2) is 22.2 Å². The van der Waals surface area contributed by atoms with Crippen LogP contribution in [0.1, 0.15) is 23.0 Å². The Morgan fingerprint density at radius 1 is 1.50 bits per heavy atom. The number of ketones is 1. The monoisotopic (exact) mass is 337 g/mol. The number of rotatable bonds is 5. The van der Waals surface area contributed by atoms with Crippen molar-refractivity contribution in [3.8, 4) is 5.75 Å². The molecule has 0 fully saturated rings. The smallest absolute Gasteiger partial charge is 0.163 e. The SMILES string of the molecule is CC(=O)c1cc(Br)cc(N)c1OCCc1ccnn1C. The van der Waals surface area contributed by atoms with E-state index in [9.17, 15) is 4.79 Å². The number of nitrogens with two attached hydrogens (primary N) is 1. The van der Waals surface area contributed by atoms with Crippen molar-refractivity contribution in [3.63, 3.8) is 0 Å². The molecule has 1 heterocycles. The molecule has 2 aromatic rings. The highest BCUT2D eigenvalue weighted by Gasteiger charge is 2.13. The molecule has 0 bridgehead atoms. The summed E-state index contributed by atoms with van der Waals surface area (Å²) in [5, 5.41) is 4.09. The van der Waals surface area contributed by atoms with Gasteiger partial charge in [0.05, 0.1) is 17.9 Å². The summed E-state index contributed by atoms with van der Waals surface area (Å²) in [6.07, 6.45) is 2.44. The summed E-state index contributed by atoms with van der Waals surface area (Å²) in [6.45, 7) is 1.93. The van der Waals surface area contributed by atoms with Crippen molar-refractivity contribution < 1.29 is 9.53 Å². The van der Waals surface area contributed by atoms with Crippen LogP contribution in [0.4, 0.5) is 5.69 Å². The lowest BCUT2D eigenvalue weighted by Gasteiger charge is -2.13. The second-order valence-electron chi connectivity index (χ2n) is 4.47. The lowest BCUT2D eigenvalue weighted by molar-refractivity contribution is 0.101. The number of benzene rings is 1. The van der Waals surface area contributed by atoms with Gasteiger partial charge in [-0.1, -0.05) is 15.9 Å². The summed E-state index contributed by atoms with van der Waals surface area (Å²) in [7, 11) is 1.88. The van der Waals surface area contributed by atoms with Crippen molar-refractivity contribution in [2.45, 2.75) is 13.3 Å². The number of halogens is 1. The van der Waals surface area contributed by atoms with E-state index in [2.05, 4.69) is 21.0 Å². The first-order valence-corrected chi connectivity index (χ1v) is 6.98. The number of nitrogen functional groups attached to an aromatic ring is 1. The van der Waals surface area contributed by atoms with Crippen LogP contribution < -0.4 is 10.5 Å². The fraction of sp³-hybridized carbons (Fsp3) is 0.286. The highest BCUT2D eigenvalue weighted by molar-refractivity contribution is 9.10. The number of carbonyl (C=O) groups is 1. The molecule has 1 aromatic heterocycles. The number of Topliss-reactive ketones (excluding diaryl/α,β-unsaturated/α-hetero) is 1. The topological polar surface area (TPSA) is 70.1 Å². The van der Waals surface area contributed by atoms with Crippen molar-refractivity contribution in [2.75, 3.05) is 12.3 Å². The van der Waals surface area contributed by atoms with Gasteiger partial charge in [0.25, 0.3) is 0 Å². The fourth-order valence-electron chi connectivity index (χ4n) is 1.94. The van der Waals surface area contributed by atoms with Crippen molar-refractivity contribution in [3.05, 3.63) is 40.1 Å². The van der Waals surface area contributed by atoms with Crippen molar-refractivity contribution in [1.29, 1.82) is 0 Å². The van der Waals surface area contributed by atoms with Gasteiger partial charge in [-0.05, 0) is 25.1 Å². The van der Waals surface area contributed by atoms with Crippen LogP contribution in [0.25, 0.3) is 0 Å². The summed E-state index contributed by atoms with van der Waals surface area (Å²) in [5.41, 5.74) is 7.93. The molecule has 2 N–H and O–H groups in total. The zero-order valence-corrected chi connectivity index (χ0v) is 13.0. The third-order valence-electron chi connectivity index (χ3n) is 2.99. The Kier molecular flexibility index (Phi) is 4.44. The number of carbonyl (C=O) groups excluding carboxylic acids is 1. The molecule has 1 aromatic carbocycles. The number of nitrogens with zero attached hydrogens (tertiary/aromatic N) is 2. The average molecular weight is 338 g/mol. The molecule has 0 spiro atoms. The number of ether oxygens (including phenoxy) is 1. The molecular weight excluding hydrogens is 322 g/mol. The molecule has 0 unspecified atom stereocenters. The Bertz CT molecular complexity index is 637. The van der Waals surface area contributed by atoms with Gasteiger partial charge in [0, 0.05) is 29.8 Å². The van der Waals surface area contributed by atoms with Gasteiger partial charge in [-0.3, -0.25) is 9.48 Å². The van der Waals surface area contributed by atoms with E-state index in [0.717, 1.165) is 10.2 Å². The Hall–Kier alpha value is -1.82. The molecule has 5 nitrogen and oxygen atoms in total. The number of hydrogen-bond acceptors (Lipinski definition) is 4. The lowest BCUT2D eigenvalue weighted by atomic mass is 10.1. The van der Waals surface area contributed by atoms with Crippen LogP contribution in [-0.2, 0) is 13.5 Å². The first-order chi connectivity index (χ1) is 9.49. The molecule has 0 aliphatic carbocycles. The molecule has 0 aliphatic rings. The van der Waals surface area contributed by atoms with Gasteiger partial charge >= 0.3 is 0 Å². The second-order valence-corrected chi connectivity index (χ2v) is 5.39. The summed E-state index contributed by atoms with van der Waals surface area (Å²) < 4.78 is 8.26. The number of aromatic nitrogens is 2. The maximum Gasteiger partial charge on any atom is 0.163 e. The van der Waals surface area contributed by atoms with E-state index >= 15 is 0 Å². The first-order valence-electron chi connectivity index (χ1n) is 6.18. The van der Waals surface area contributed by atoms with E-state index < -0.39 is 0 Å². The molecule has 0 saturated heterocycles. The van der Waals surface area contributed by atoms with Gasteiger partial charge < -0.3 is 10.5 Å². The van der Waals surface area contributed by atoms with Gasteiger partial charge in [-0.15, -0.1) is 0 Å². The summed E-state index contributed by atoms with van der Waals surface area (Å²) in [6, 6.07) is 5.38. The minimum Gasteiger partial charge on any atom is -0.490 e. The third-order valence-corrected chi connectivity index (χ3v) is 3.45. The molecule has 0 aliphatic heterocycles. The first kappa shape index (κ1) is 14.6.